The number of benzene rings is 24. The van der Waals surface area contributed by atoms with Crippen LogP contribution in [0.2, 0.25) is 0 Å². The minimum atomic E-state index is 1.26. The first-order chi connectivity index (χ1) is 48.0. The molecule has 0 aliphatic rings. The lowest BCUT2D eigenvalue weighted by Crippen LogP contribution is -1.93. The smallest absolute Gasteiger partial charge is 0.00177 e. The normalized spacial score (nSPS) is 12.6. The molecule has 0 aliphatic carbocycles. The Bertz CT molecular complexity index is 7310. The summed E-state index contributed by atoms with van der Waals surface area (Å²) in [4.78, 5) is 0. The van der Waals surface area contributed by atoms with Crippen molar-refractivity contribution < 1.29 is 0 Å². The first kappa shape index (κ1) is 52.0. The molecule has 24 rings (SSSR count). The Morgan fingerprint density at radius 1 is 0.134 bits per heavy atom. The van der Waals surface area contributed by atoms with E-state index >= 15 is 0 Å². The fraction of sp³-hybridized carbons (Fsp3) is 0.0103. The largest absolute Gasteiger partial charge is 0.0610 e. The van der Waals surface area contributed by atoms with Gasteiger partial charge >= 0.3 is 0 Å². The minimum absolute atomic E-state index is 1.26. The van der Waals surface area contributed by atoms with Gasteiger partial charge in [-0.1, -0.05) is 273 Å². The number of aryl methyl sites for hydroxylation is 1. The van der Waals surface area contributed by atoms with Gasteiger partial charge in [0.15, 0.2) is 0 Å². The van der Waals surface area contributed by atoms with Crippen molar-refractivity contribution in [2.45, 2.75) is 6.92 Å². The van der Waals surface area contributed by atoms with E-state index in [-0.39, 0.29) is 0 Å². The van der Waals surface area contributed by atoms with Gasteiger partial charge in [0, 0.05) is 0 Å². The molecule has 0 saturated carbocycles. The molecule has 0 aromatic heterocycles. The van der Waals surface area contributed by atoms with Crippen molar-refractivity contribution in [1.29, 1.82) is 0 Å². The average Bonchev–Trinajstić information content (AvgIpc) is 0.726. The predicted octanol–water partition coefficient (Wildman–Crippen LogP) is 27.7. The van der Waals surface area contributed by atoms with Crippen LogP contribution < -0.4 is 0 Å². The first-order valence-electron chi connectivity index (χ1n) is 34.1. The lowest BCUT2D eigenvalue weighted by molar-refractivity contribution is 1.54. The number of rotatable bonds is 4. The van der Waals surface area contributed by atoms with Gasteiger partial charge in [0.05, 0.1) is 0 Å². The third-order valence-electron chi connectivity index (χ3n) is 22.8. The molecule has 0 aliphatic heterocycles. The van der Waals surface area contributed by atoms with Crippen LogP contribution >= 0.6 is 0 Å². The lowest BCUT2D eigenvalue weighted by Gasteiger charge is -2.20. The van der Waals surface area contributed by atoms with Gasteiger partial charge < -0.3 is 0 Å². The SMILES string of the molecule is Cc1cc(-c2ccc3ccc4cccc5ccc2c3c45)c2ccc3ccc(-c4ccc5ccc6cccc7ccc4c5c67)c4ccc1c2c34.c1cc2ccc3cc(-c4cc5ccc6cc(-c7ccc8ccc9cccc%10ccc7c8c9%10)cc7ccc(c4)c5c67)cc4ccc(c1)c2c34. The summed E-state index contributed by atoms with van der Waals surface area (Å²) in [5, 5.41) is 47.7. The molecule has 0 atom stereocenters. The van der Waals surface area contributed by atoms with Crippen LogP contribution in [0.25, 0.3) is 238 Å². The van der Waals surface area contributed by atoms with E-state index in [1.54, 1.807) is 0 Å². The van der Waals surface area contributed by atoms with Crippen molar-refractivity contribution in [3.63, 3.8) is 0 Å². The van der Waals surface area contributed by atoms with Crippen molar-refractivity contribution in [3.8, 4) is 44.5 Å². The van der Waals surface area contributed by atoms with Gasteiger partial charge in [-0.15, -0.1) is 0 Å². The number of hydrogen-bond donors (Lipinski definition) is 0. The summed E-state index contributed by atoms with van der Waals surface area (Å²) < 4.78 is 0. The van der Waals surface area contributed by atoms with Crippen molar-refractivity contribution >= 4 is 194 Å². The summed E-state index contributed by atoms with van der Waals surface area (Å²) in [6.07, 6.45) is 0. The Kier molecular flexibility index (Phi) is 10.1. The van der Waals surface area contributed by atoms with Crippen LogP contribution in [0.4, 0.5) is 0 Å². The molecule has 0 nitrogen and oxygen atoms in total. The van der Waals surface area contributed by atoms with Crippen molar-refractivity contribution in [1.82, 2.24) is 0 Å². The van der Waals surface area contributed by atoms with E-state index in [9.17, 15) is 0 Å². The molecule has 0 heteroatoms. The summed E-state index contributed by atoms with van der Waals surface area (Å²) in [7, 11) is 0. The van der Waals surface area contributed by atoms with E-state index in [4.69, 9.17) is 0 Å². The summed E-state index contributed by atoms with van der Waals surface area (Å²) in [6, 6.07) is 117. The van der Waals surface area contributed by atoms with Crippen LogP contribution in [-0.2, 0) is 0 Å². The topological polar surface area (TPSA) is 0 Å². The van der Waals surface area contributed by atoms with E-state index in [2.05, 4.69) is 316 Å². The molecule has 0 fully saturated rings. The molecule has 97 heavy (non-hydrogen) atoms. The molecule has 0 spiro atoms. The Hall–Kier alpha value is -12.5. The number of hydrogen-bond acceptors (Lipinski definition) is 0. The zero-order valence-electron chi connectivity index (χ0n) is 52.9. The van der Waals surface area contributed by atoms with Crippen molar-refractivity contribution in [2.24, 2.45) is 0 Å². The second-order valence-corrected chi connectivity index (χ2v) is 27.7. The quantitative estimate of drug-likeness (QED) is 0.154. The minimum Gasteiger partial charge on any atom is -0.0610 e. The molecule has 0 unspecified atom stereocenters. The third-order valence-corrected chi connectivity index (χ3v) is 22.8. The van der Waals surface area contributed by atoms with Gasteiger partial charge in [-0.05, 0) is 287 Å². The predicted molar refractivity (Wildman–Crippen MR) is 422 cm³/mol. The lowest BCUT2D eigenvalue weighted by atomic mass is 9.83. The maximum atomic E-state index is 2.43. The van der Waals surface area contributed by atoms with E-state index in [0.717, 1.165) is 0 Å². The Labute approximate surface area is 556 Å². The Morgan fingerprint density at radius 3 is 0.691 bits per heavy atom. The zero-order valence-corrected chi connectivity index (χ0v) is 52.9. The van der Waals surface area contributed by atoms with Crippen LogP contribution in [-0.4, -0.2) is 0 Å². The van der Waals surface area contributed by atoms with Gasteiger partial charge in [0.1, 0.15) is 0 Å². The maximum absolute atomic E-state index is 2.43. The molecule has 0 amide bonds. The highest BCUT2D eigenvalue weighted by atomic mass is 14.3. The zero-order chi connectivity index (χ0) is 63.0. The summed E-state index contributed by atoms with van der Waals surface area (Å²) in [6.45, 7) is 2.28. The van der Waals surface area contributed by atoms with Gasteiger partial charge in [0.2, 0.25) is 0 Å². The van der Waals surface area contributed by atoms with Crippen molar-refractivity contribution in [2.75, 3.05) is 0 Å². The molecule has 0 N–H and O–H groups in total. The van der Waals surface area contributed by atoms with Gasteiger partial charge in [-0.3, -0.25) is 0 Å². The molecular weight excluding hydrogens is 1170 g/mol. The molecule has 24 aromatic rings. The molecule has 24 aromatic carbocycles. The second kappa shape index (κ2) is 18.9. The van der Waals surface area contributed by atoms with Crippen LogP contribution in [0.15, 0.2) is 309 Å². The van der Waals surface area contributed by atoms with Gasteiger partial charge in [-0.25, -0.2) is 0 Å². The van der Waals surface area contributed by atoms with Crippen LogP contribution in [0.5, 0.6) is 0 Å². The molecule has 0 bridgehead atoms. The molecule has 0 heterocycles. The standard InChI is InChI=1S/C49H28.C48H26/c1-27-26-43(38-20-14-33-11-9-29-5-3-7-31-16-22-40(38)47(33)45(29)31)42-23-17-34-13-19-37(41-25-24-35(27)49(42)48(34)41)36-18-12-32-10-8-28-4-2-6-30-15-21-39(36)46(32)44(28)30;1-3-27-9-11-32-21-38(22-33-12-10-28(4-1)43(27)45(32)33)39-23-34-13-15-36-25-40(26-37-16-14-35(24-39)46(34)47(36)37)41-19-17-31-8-7-29-5-2-6-30-18-20-42(41)48(31)44(29)30/h2-26H,1H3;1-26H. The van der Waals surface area contributed by atoms with Crippen LogP contribution in [0, 0.1) is 6.92 Å². The fourth-order valence-corrected chi connectivity index (χ4v) is 18.5. The highest BCUT2D eigenvalue weighted by molar-refractivity contribution is 6.34. The maximum Gasteiger partial charge on any atom is -0.00177 e. The van der Waals surface area contributed by atoms with E-state index in [1.165, 1.54) is 244 Å². The van der Waals surface area contributed by atoms with Crippen LogP contribution in [0.1, 0.15) is 5.56 Å². The Morgan fingerprint density at radius 2 is 0.340 bits per heavy atom. The van der Waals surface area contributed by atoms with E-state index < -0.39 is 0 Å². The summed E-state index contributed by atoms with van der Waals surface area (Å²) in [5.41, 5.74) is 11.6. The second-order valence-electron chi connectivity index (χ2n) is 27.7. The van der Waals surface area contributed by atoms with Crippen LogP contribution in [0.3, 0.4) is 0 Å². The summed E-state index contributed by atoms with van der Waals surface area (Å²) >= 11 is 0. The monoisotopic (exact) mass is 1220 g/mol. The van der Waals surface area contributed by atoms with E-state index in [1.807, 2.05) is 0 Å². The Balaban J connectivity index is 0.000000122. The fourth-order valence-electron chi connectivity index (χ4n) is 18.5. The third kappa shape index (κ3) is 7.10. The van der Waals surface area contributed by atoms with Gasteiger partial charge in [-0.2, -0.15) is 0 Å². The average molecular weight is 1220 g/mol. The highest BCUT2D eigenvalue weighted by Crippen LogP contribution is 2.50. The molecule has 0 saturated heterocycles. The van der Waals surface area contributed by atoms with E-state index in [0.29, 0.717) is 0 Å². The first-order valence-corrected chi connectivity index (χ1v) is 34.1. The van der Waals surface area contributed by atoms with Crippen molar-refractivity contribution in [3.05, 3.63) is 315 Å². The molecular formula is C97H54. The van der Waals surface area contributed by atoms with Gasteiger partial charge in [0.25, 0.3) is 0 Å². The highest BCUT2D eigenvalue weighted by Gasteiger charge is 2.23. The molecule has 442 valence electrons. The summed E-state index contributed by atoms with van der Waals surface area (Å²) in [5.74, 6) is 0. The molecule has 0 radical (unpaired) electrons.